The lowest BCUT2D eigenvalue weighted by Crippen LogP contribution is -2.51. The predicted octanol–water partition coefficient (Wildman–Crippen LogP) is 2.43. The first-order chi connectivity index (χ1) is 10.1. The maximum Gasteiger partial charge on any atom is 0.222 e. The number of rotatable bonds is 5. The van der Waals surface area contributed by atoms with Gasteiger partial charge in [-0.2, -0.15) is 11.8 Å². The number of carbonyl (C=O) groups is 1. The highest BCUT2D eigenvalue weighted by Crippen LogP contribution is 2.35. The Hall–Kier alpha value is -0.910. The number of thioether (sulfide) groups is 1. The second-order valence-electron chi connectivity index (χ2n) is 6.25. The molecule has 1 amide bonds. The first-order valence-electron chi connectivity index (χ1n) is 7.92. The first-order valence-corrected chi connectivity index (χ1v) is 9.14. The summed E-state index contributed by atoms with van der Waals surface area (Å²) < 4.78 is -0.309. The van der Waals surface area contributed by atoms with Crippen LogP contribution < -0.4 is 5.73 Å². The third-order valence-corrected chi connectivity index (χ3v) is 6.53. The Bertz CT molecular complexity index is 386. The van der Waals surface area contributed by atoms with Crippen LogP contribution in [0.1, 0.15) is 51.4 Å². The summed E-state index contributed by atoms with van der Waals surface area (Å²) in [7, 11) is 0. The van der Waals surface area contributed by atoms with E-state index in [2.05, 4.69) is 5.16 Å². The molecule has 21 heavy (non-hydrogen) atoms. The number of carbonyl (C=O) groups excluding carboxylic acids is 1. The van der Waals surface area contributed by atoms with Crippen LogP contribution in [-0.2, 0) is 4.79 Å². The Morgan fingerprint density at radius 1 is 1.38 bits per heavy atom. The molecule has 0 aromatic rings. The summed E-state index contributed by atoms with van der Waals surface area (Å²) in [5.74, 6) is 1.32. The van der Waals surface area contributed by atoms with Gasteiger partial charge >= 0.3 is 0 Å². The summed E-state index contributed by atoms with van der Waals surface area (Å²) in [6.45, 7) is 1.42. The molecule has 5 nitrogen and oxygen atoms in total. The zero-order valence-electron chi connectivity index (χ0n) is 12.9. The Balaban J connectivity index is 1.80. The fourth-order valence-corrected chi connectivity index (χ4v) is 4.40. The molecule has 0 bridgehead atoms. The second-order valence-corrected chi connectivity index (χ2v) is 7.44. The van der Waals surface area contributed by atoms with Crippen LogP contribution in [0.4, 0.5) is 0 Å². The van der Waals surface area contributed by atoms with Gasteiger partial charge in [-0.3, -0.25) is 4.79 Å². The van der Waals surface area contributed by atoms with Gasteiger partial charge in [0.25, 0.3) is 0 Å². The topological polar surface area (TPSA) is 78.9 Å². The number of piperidine rings is 1. The summed E-state index contributed by atoms with van der Waals surface area (Å²) in [6.07, 6.45) is 10.5. The van der Waals surface area contributed by atoms with Crippen LogP contribution in [0.3, 0.4) is 0 Å². The zero-order chi connectivity index (χ0) is 15.3. The minimum Gasteiger partial charge on any atom is -0.409 e. The molecular formula is C15H27N3O2S. The summed E-state index contributed by atoms with van der Waals surface area (Å²) in [5, 5.41) is 12.1. The Labute approximate surface area is 131 Å². The minimum atomic E-state index is -0.309. The maximum absolute atomic E-state index is 12.3. The smallest absolute Gasteiger partial charge is 0.222 e. The minimum absolute atomic E-state index is 0.274. The Morgan fingerprint density at radius 2 is 2.00 bits per heavy atom. The normalized spacial score (nSPS) is 23.5. The summed E-state index contributed by atoms with van der Waals surface area (Å²) in [4.78, 5) is 14.3. The number of hydrogen-bond acceptors (Lipinski definition) is 4. The average molecular weight is 313 g/mol. The standard InChI is InChI=1S/C15H27N3O2S/c1-21-15(14(16)17-20)8-10-18(11-9-15)13(19)7-6-12-4-2-3-5-12/h12,20H,2-11H2,1H3,(H2,16,17). The first kappa shape index (κ1) is 16.5. The van der Waals surface area contributed by atoms with Crippen molar-refractivity contribution >= 4 is 23.5 Å². The molecule has 6 heteroatoms. The molecular weight excluding hydrogens is 286 g/mol. The van der Waals surface area contributed by atoms with E-state index in [1.165, 1.54) is 25.7 Å². The van der Waals surface area contributed by atoms with Gasteiger partial charge < -0.3 is 15.8 Å². The summed E-state index contributed by atoms with van der Waals surface area (Å²) >= 11 is 1.62. The highest BCUT2D eigenvalue weighted by atomic mass is 32.2. The van der Waals surface area contributed by atoms with Crippen LogP contribution in [0.25, 0.3) is 0 Å². The highest BCUT2D eigenvalue weighted by molar-refractivity contribution is 8.00. The monoisotopic (exact) mass is 313 g/mol. The number of nitrogens with two attached hydrogens (primary N) is 1. The summed E-state index contributed by atoms with van der Waals surface area (Å²) in [5.41, 5.74) is 5.83. The van der Waals surface area contributed by atoms with Gasteiger partial charge in [-0.05, 0) is 31.4 Å². The van der Waals surface area contributed by atoms with E-state index in [4.69, 9.17) is 10.9 Å². The molecule has 1 heterocycles. The van der Waals surface area contributed by atoms with Crippen LogP contribution in [0.5, 0.6) is 0 Å². The number of amidine groups is 1. The fourth-order valence-electron chi connectivity index (χ4n) is 3.56. The van der Waals surface area contributed by atoms with Gasteiger partial charge in [0.05, 0.1) is 4.75 Å². The number of amides is 1. The van der Waals surface area contributed by atoms with E-state index in [1.807, 2.05) is 11.2 Å². The van der Waals surface area contributed by atoms with Crippen molar-refractivity contribution < 1.29 is 10.0 Å². The van der Waals surface area contributed by atoms with Crippen LogP contribution in [0.15, 0.2) is 5.16 Å². The number of hydrogen-bond donors (Lipinski definition) is 2. The van der Waals surface area contributed by atoms with E-state index in [0.29, 0.717) is 19.5 Å². The molecule has 1 saturated heterocycles. The van der Waals surface area contributed by atoms with Crippen molar-refractivity contribution in [2.24, 2.45) is 16.8 Å². The van der Waals surface area contributed by atoms with Gasteiger partial charge in [0.1, 0.15) is 0 Å². The van der Waals surface area contributed by atoms with Crippen molar-refractivity contribution in [3.63, 3.8) is 0 Å². The Morgan fingerprint density at radius 3 is 2.52 bits per heavy atom. The number of oxime groups is 1. The lowest BCUT2D eigenvalue weighted by molar-refractivity contribution is -0.132. The maximum atomic E-state index is 12.3. The molecule has 0 aromatic heterocycles. The van der Waals surface area contributed by atoms with Crippen molar-refractivity contribution in [2.75, 3.05) is 19.3 Å². The number of nitrogens with zero attached hydrogens (tertiary/aromatic N) is 2. The van der Waals surface area contributed by atoms with Crippen molar-refractivity contribution in [2.45, 2.75) is 56.1 Å². The van der Waals surface area contributed by atoms with Crippen LogP contribution >= 0.6 is 11.8 Å². The van der Waals surface area contributed by atoms with Gasteiger partial charge in [-0.15, -0.1) is 0 Å². The molecule has 0 radical (unpaired) electrons. The molecule has 2 fully saturated rings. The molecule has 120 valence electrons. The van der Waals surface area contributed by atoms with Gasteiger partial charge in [0.15, 0.2) is 5.84 Å². The quantitative estimate of drug-likeness (QED) is 0.354. The van der Waals surface area contributed by atoms with Crippen molar-refractivity contribution in [1.29, 1.82) is 0 Å². The molecule has 2 rings (SSSR count). The predicted molar refractivity (Wildman–Crippen MR) is 86.7 cm³/mol. The average Bonchev–Trinajstić information content (AvgIpc) is 3.05. The largest absolute Gasteiger partial charge is 0.409 e. The molecule has 1 aliphatic heterocycles. The zero-order valence-corrected chi connectivity index (χ0v) is 13.7. The van der Waals surface area contributed by atoms with Gasteiger partial charge in [0.2, 0.25) is 5.91 Å². The second kappa shape index (κ2) is 7.38. The van der Waals surface area contributed by atoms with Crippen LogP contribution in [0.2, 0.25) is 0 Å². The van der Waals surface area contributed by atoms with E-state index in [9.17, 15) is 4.79 Å². The molecule has 2 aliphatic rings. The molecule has 0 aromatic carbocycles. The van der Waals surface area contributed by atoms with E-state index in [0.717, 1.165) is 25.2 Å². The molecule has 0 unspecified atom stereocenters. The third kappa shape index (κ3) is 3.84. The molecule has 0 spiro atoms. The SMILES string of the molecule is CSC1(C(N)=NO)CCN(C(=O)CCC2CCCC2)CC1. The molecule has 0 atom stereocenters. The van der Waals surface area contributed by atoms with Crippen molar-refractivity contribution in [3.8, 4) is 0 Å². The van der Waals surface area contributed by atoms with Crippen LogP contribution in [-0.4, -0.2) is 45.9 Å². The van der Waals surface area contributed by atoms with Gasteiger partial charge in [0, 0.05) is 19.5 Å². The van der Waals surface area contributed by atoms with Crippen molar-refractivity contribution in [1.82, 2.24) is 4.90 Å². The van der Waals surface area contributed by atoms with E-state index in [-0.39, 0.29) is 16.5 Å². The Kier molecular flexibility index (Phi) is 5.79. The van der Waals surface area contributed by atoms with E-state index >= 15 is 0 Å². The van der Waals surface area contributed by atoms with Crippen molar-refractivity contribution in [3.05, 3.63) is 0 Å². The molecule has 1 saturated carbocycles. The van der Waals surface area contributed by atoms with Gasteiger partial charge in [-0.25, -0.2) is 0 Å². The molecule has 3 N–H and O–H groups in total. The molecule has 1 aliphatic carbocycles. The summed E-state index contributed by atoms with van der Waals surface area (Å²) in [6, 6.07) is 0. The third-order valence-electron chi connectivity index (χ3n) is 5.13. The number of likely N-dealkylation sites (tertiary alicyclic amines) is 1. The van der Waals surface area contributed by atoms with Crippen LogP contribution in [0, 0.1) is 5.92 Å². The lowest BCUT2D eigenvalue weighted by Gasteiger charge is -2.39. The lowest BCUT2D eigenvalue weighted by atomic mass is 9.93. The van der Waals surface area contributed by atoms with Gasteiger partial charge in [-0.1, -0.05) is 30.8 Å². The highest BCUT2D eigenvalue weighted by Gasteiger charge is 2.39. The fraction of sp³-hybridized carbons (Fsp3) is 0.867. The van der Waals surface area contributed by atoms with E-state index < -0.39 is 0 Å². The van der Waals surface area contributed by atoms with E-state index in [1.54, 1.807) is 11.8 Å².